The lowest BCUT2D eigenvalue weighted by atomic mass is 9.82. The Bertz CT molecular complexity index is 236. The van der Waals surface area contributed by atoms with Crippen LogP contribution in [0.5, 0.6) is 0 Å². The molecule has 0 spiro atoms. The molecule has 1 aliphatic heterocycles. The van der Waals surface area contributed by atoms with Gasteiger partial charge in [0.2, 0.25) is 0 Å². The number of rotatable bonds is 2. The number of piperidine rings is 1. The van der Waals surface area contributed by atoms with Crippen LogP contribution in [0.3, 0.4) is 0 Å². The predicted octanol–water partition coefficient (Wildman–Crippen LogP) is 1.64. The van der Waals surface area contributed by atoms with E-state index in [1.54, 1.807) is 0 Å². The second kappa shape index (κ2) is 4.30. The highest BCUT2D eigenvalue weighted by Crippen LogP contribution is 2.29. The lowest BCUT2D eigenvalue weighted by Gasteiger charge is -2.34. The fourth-order valence-electron chi connectivity index (χ4n) is 1.60. The van der Waals surface area contributed by atoms with Gasteiger partial charge in [-0.2, -0.15) is 5.26 Å². The molecule has 0 aromatic rings. The highest BCUT2D eigenvalue weighted by Gasteiger charge is 2.29. The lowest BCUT2D eigenvalue weighted by Crippen LogP contribution is -2.38. The van der Waals surface area contributed by atoms with Crippen LogP contribution in [0.4, 0.5) is 0 Å². The fourth-order valence-corrected chi connectivity index (χ4v) is 1.60. The molecule has 0 aromatic heterocycles. The first-order valence-electron chi connectivity index (χ1n) is 4.77. The molecule has 0 aliphatic carbocycles. The number of nitriles is 1. The van der Waals surface area contributed by atoms with Gasteiger partial charge in [0.15, 0.2) is 0 Å². The summed E-state index contributed by atoms with van der Waals surface area (Å²) in [4.78, 5) is 2.35. The standard InChI is InChI=1S/C11H16N2/c1-3-4-7-13-8-5-11(2,10-12)6-9-13/h1H,4-9H2,2H3. The number of terminal acetylenes is 1. The highest BCUT2D eigenvalue weighted by atomic mass is 15.1. The number of hydrogen-bond donors (Lipinski definition) is 0. The van der Waals surface area contributed by atoms with E-state index in [4.69, 9.17) is 11.7 Å². The van der Waals surface area contributed by atoms with Crippen molar-refractivity contribution in [2.24, 2.45) is 5.41 Å². The summed E-state index contributed by atoms with van der Waals surface area (Å²) in [5.41, 5.74) is -0.0906. The minimum atomic E-state index is -0.0906. The Hall–Kier alpha value is -0.990. The first-order valence-corrected chi connectivity index (χ1v) is 4.77. The van der Waals surface area contributed by atoms with Gasteiger partial charge in [0, 0.05) is 13.0 Å². The summed E-state index contributed by atoms with van der Waals surface area (Å²) < 4.78 is 0. The second-order valence-electron chi connectivity index (χ2n) is 3.97. The monoisotopic (exact) mass is 176 g/mol. The summed E-state index contributed by atoms with van der Waals surface area (Å²) >= 11 is 0. The van der Waals surface area contributed by atoms with Gasteiger partial charge in [0.05, 0.1) is 11.5 Å². The molecule has 1 fully saturated rings. The van der Waals surface area contributed by atoms with Gasteiger partial charge in [-0.25, -0.2) is 0 Å². The van der Waals surface area contributed by atoms with Crippen LogP contribution in [-0.2, 0) is 0 Å². The maximum absolute atomic E-state index is 8.91. The minimum Gasteiger partial charge on any atom is -0.302 e. The minimum absolute atomic E-state index is 0.0906. The molecule has 0 saturated carbocycles. The first kappa shape index (κ1) is 10.1. The fraction of sp³-hybridized carbons (Fsp3) is 0.727. The van der Waals surface area contributed by atoms with Crippen LogP contribution < -0.4 is 0 Å². The molecular formula is C11H16N2. The maximum Gasteiger partial charge on any atom is 0.0687 e. The summed E-state index contributed by atoms with van der Waals surface area (Å²) in [5.74, 6) is 2.64. The molecule has 0 atom stereocenters. The van der Waals surface area contributed by atoms with Gasteiger partial charge >= 0.3 is 0 Å². The average Bonchev–Trinajstić information content (AvgIpc) is 2.17. The molecule has 1 saturated heterocycles. The molecule has 1 rings (SSSR count). The Balaban J connectivity index is 2.32. The molecule has 0 radical (unpaired) electrons. The van der Waals surface area contributed by atoms with E-state index in [2.05, 4.69) is 16.9 Å². The normalized spacial score (nSPS) is 21.8. The van der Waals surface area contributed by atoms with Crippen LogP contribution in [0.15, 0.2) is 0 Å². The third kappa shape index (κ3) is 2.76. The summed E-state index contributed by atoms with van der Waals surface area (Å²) in [6.07, 6.45) is 7.98. The molecule has 0 unspecified atom stereocenters. The van der Waals surface area contributed by atoms with E-state index >= 15 is 0 Å². The Kier molecular flexibility index (Phi) is 3.34. The van der Waals surface area contributed by atoms with Crippen LogP contribution in [0, 0.1) is 29.1 Å². The van der Waals surface area contributed by atoms with Crippen LogP contribution in [0.1, 0.15) is 26.2 Å². The van der Waals surface area contributed by atoms with E-state index in [9.17, 15) is 0 Å². The Morgan fingerprint density at radius 2 is 2.08 bits per heavy atom. The van der Waals surface area contributed by atoms with Crippen molar-refractivity contribution in [1.29, 1.82) is 5.26 Å². The number of hydrogen-bond acceptors (Lipinski definition) is 2. The third-order valence-corrected chi connectivity index (χ3v) is 2.80. The predicted molar refractivity (Wildman–Crippen MR) is 52.8 cm³/mol. The van der Waals surface area contributed by atoms with Crippen LogP contribution >= 0.6 is 0 Å². The van der Waals surface area contributed by atoms with Gasteiger partial charge in [0.25, 0.3) is 0 Å². The van der Waals surface area contributed by atoms with Gasteiger partial charge in [-0.05, 0) is 32.9 Å². The highest BCUT2D eigenvalue weighted by molar-refractivity contribution is 4.99. The molecule has 0 bridgehead atoms. The Morgan fingerprint density at radius 3 is 2.54 bits per heavy atom. The molecule has 0 N–H and O–H groups in total. The molecule has 70 valence electrons. The zero-order valence-electron chi connectivity index (χ0n) is 8.21. The van der Waals surface area contributed by atoms with Crippen molar-refractivity contribution >= 4 is 0 Å². The molecular weight excluding hydrogens is 160 g/mol. The van der Waals surface area contributed by atoms with Gasteiger partial charge in [-0.15, -0.1) is 12.3 Å². The Morgan fingerprint density at radius 1 is 1.46 bits per heavy atom. The van der Waals surface area contributed by atoms with E-state index < -0.39 is 0 Å². The van der Waals surface area contributed by atoms with E-state index in [0.717, 1.165) is 38.9 Å². The Labute approximate surface area is 80.5 Å². The first-order chi connectivity index (χ1) is 6.20. The molecule has 0 aromatic carbocycles. The summed E-state index contributed by atoms with van der Waals surface area (Å²) in [5, 5.41) is 8.91. The van der Waals surface area contributed by atoms with E-state index in [1.165, 1.54) is 0 Å². The zero-order chi connectivity index (χ0) is 9.73. The lowest BCUT2D eigenvalue weighted by molar-refractivity contribution is 0.159. The van der Waals surface area contributed by atoms with Gasteiger partial charge in [0.1, 0.15) is 0 Å². The van der Waals surface area contributed by atoms with E-state index in [-0.39, 0.29) is 5.41 Å². The molecule has 1 heterocycles. The molecule has 1 aliphatic rings. The summed E-state index contributed by atoms with van der Waals surface area (Å²) in [7, 11) is 0. The second-order valence-corrected chi connectivity index (χ2v) is 3.97. The molecule has 2 heteroatoms. The molecule has 0 amide bonds. The van der Waals surface area contributed by atoms with Crippen molar-refractivity contribution in [1.82, 2.24) is 4.90 Å². The molecule has 13 heavy (non-hydrogen) atoms. The maximum atomic E-state index is 8.91. The summed E-state index contributed by atoms with van der Waals surface area (Å²) in [6.45, 7) is 5.07. The summed E-state index contributed by atoms with van der Waals surface area (Å²) in [6, 6.07) is 2.39. The van der Waals surface area contributed by atoms with Crippen molar-refractivity contribution in [2.75, 3.05) is 19.6 Å². The zero-order valence-corrected chi connectivity index (χ0v) is 8.21. The van der Waals surface area contributed by atoms with Crippen molar-refractivity contribution in [3.8, 4) is 18.4 Å². The largest absolute Gasteiger partial charge is 0.302 e. The average molecular weight is 176 g/mol. The van der Waals surface area contributed by atoms with Gasteiger partial charge in [-0.3, -0.25) is 0 Å². The van der Waals surface area contributed by atoms with Crippen LogP contribution in [-0.4, -0.2) is 24.5 Å². The number of nitrogens with zero attached hydrogens (tertiary/aromatic N) is 2. The van der Waals surface area contributed by atoms with Crippen molar-refractivity contribution in [3.63, 3.8) is 0 Å². The topological polar surface area (TPSA) is 27.0 Å². The van der Waals surface area contributed by atoms with Gasteiger partial charge in [-0.1, -0.05) is 0 Å². The smallest absolute Gasteiger partial charge is 0.0687 e. The quantitative estimate of drug-likeness (QED) is 0.598. The van der Waals surface area contributed by atoms with Crippen LogP contribution in [0.2, 0.25) is 0 Å². The third-order valence-electron chi connectivity index (χ3n) is 2.80. The molecule has 2 nitrogen and oxygen atoms in total. The van der Waals surface area contributed by atoms with Gasteiger partial charge < -0.3 is 4.90 Å². The van der Waals surface area contributed by atoms with E-state index in [1.807, 2.05) is 6.92 Å². The number of likely N-dealkylation sites (tertiary alicyclic amines) is 1. The van der Waals surface area contributed by atoms with Crippen molar-refractivity contribution < 1.29 is 0 Å². The van der Waals surface area contributed by atoms with Crippen molar-refractivity contribution in [2.45, 2.75) is 26.2 Å². The van der Waals surface area contributed by atoms with Crippen LogP contribution in [0.25, 0.3) is 0 Å². The van der Waals surface area contributed by atoms with E-state index in [0.29, 0.717) is 0 Å². The van der Waals surface area contributed by atoms with Crippen molar-refractivity contribution in [3.05, 3.63) is 0 Å². The SMILES string of the molecule is C#CCCN1CCC(C)(C#N)CC1.